The van der Waals surface area contributed by atoms with E-state index >= 15 is 0 Å². The average molecular weight is 313 g/mol. The summed E-state index contributed by atoms with van der Waals surface area (Å²) in [4.78, 5) is 12.5. The lowest BCUT2D eigenvalue weighted by Gasteiger charge is -2.08. The summed E-state index contributed by atoms with van der Waals surface area (Å²) in [6, 6.07) is 15.5. The van der Waals surface area contributed by atoms with E-state index in [-0.39, 0.29) is 5.91 Å². The second-order valence-electron chi connectivity index (χ2n) is 5.36. The Morgan fingerprint density at radius 3 is 2.50 bits per heavy atom. The lowest BCUT2D eigenvalue weighted by Crippen LogP contribution is -2.25. The molecule has 0 aliphatic carbocycles. The summed E-state index contributed by atoms with van der Waals surface area (Å²) < 4.78 is 1.95. The molecule has 3 rings (SSSR count). The fraction of sp³-hybridized carbons (Fsp3) is 0.167. The maximum Gasteiger partial charge on any atom is 0.268 e. The Labute approximate surface area is 134 Å². The maximum atomic E-state index is 12.5. The Balaban J connectivity index is 1.85. The number of carbonyl (C=O) groups is 1. The van der Waals surface area contributed by atoms with Crippen LogP contribution in [0.5, 0.6) is 0 Å². The van der Waals surface area contributed by atoms with Gasteiger partial charge in [0.15, 0.2) is 0 Å². The summed E-state index contributed by atoms with van der Waals surface area (Å²) in [7, 11) is 1.92. The first kappa shape index (κ1) is 14.7. The number of hydrogen-bond donors (Lipinski definition) is 1. The fourth-order valence-corrected chi connectivity index (χ4v) is 2.90. The first-order valence-corrected chi connectivity index (χ1v) is 7.52. The highest BCUT2D eigenvalue weighted by molar-refractivity contribution is 6.30. The molecule has 112 valence electrons. The van der Waals surface area contributed by atoms with E-state index in [4.69, 9.17) is 11.6 Å². The maximum absolute atomic E-state index is 12.5. The minimum atomic E-state index is -0.0637. The number of aromatic nitrogens is 1. The molecule has 0 unspecified atom stereocenters. The number of nitrogens with one attached hydrogen (secondary N) is 1. The van der Waals surface area contributed by atoms with Crippen molar-refractivity contribution in [3.05, 3.63) is 70.4 Å². The van der Waals surface area contributed by atoms with Crippen molar-refractivity contribution in [3.8, 4) is 0 Å². The van der Waals surface area contributed by atoms with Crippen molar-refractivity contribution in [1.29, 1.82) is 0 Å². The molecular formula is C18H17ClN2O. The van der Waals surface area contributed by atoms with E-state index in [0.29, 0.717) is 17.3 Å². The molecule has 3 nitrogen and oxygen atoms in total. The molecule has 1 N–H and O–H groups in total. The predicted molar refractivity (Wildman–Crippen MR) is 90.3 cm³/mol. The smallest absolute Gasteiger partial charge is 0.268 e. The van der Waals surface area contributed by atoms with Gasteiger partial charge in [-0.25, -0.2) is 0 Å². The van der Waals surface area contributed by atoms with Gasteiger partial charge in [0, 0.05) is 29.5 Å². The minimum absolute atomic E-state index is 0.0637. The molecule has 4 heteroatoms. The number of carbonyl (C=O) groups excluding carboxylic acids is 1. The van der Waals surface area contributed by atoms with Crippen LogP contribution in [0.25, 0.3) is 10.9 Å². The van der Waals surface area contributed by atoms with Crippen molar-refractivity contribution in [1.82, 2.24) is 9.88 Å². The van der Waals surface area contributed by atoms with Crippen LogP contribution in [-0.4, -0.2) is 10.5 Å². The molecule has 0 radical (unpaired) electrons. The van der Waals surface area contributed by atoms with Gasteiger partial charge in [0.05, 0.1) is 0 Å². The Morgan fingerprint density at radius 1 is 1.14 bits per heavy atom. The SMILES string of the molecule is Cc1c(C(=O)NCc2ccc(Cl)cc2)n(C)c2ccccc12. The molecule has 0 aliphatic rings. The van der Waals surface area contributed by atoms with Gasteiger partial charge in [0.25, 0.3) is 5.91 Å². The van der Waals surface area contributed by atoms with E-state index in [1.54, 1.807) is 0 Å². The summed E-state index contributed by atoms with van der Waals surface area (Å²) in [5, 5.41) is 4.78. The minimum Gasteiger partial charge on any atom is -0.347 e. The number of para-hydroxylation sites is 1. The van der Waals surface area contributed by atoms with Crippen LogP contribution in [0.4, 0.5) is 0 Å². The molecule has 0 spiro atoms. The van der Waals surface area contributed by atoms with Crippen molar-refractivity contribution >= 4 is 28.4 Å². The third kappa shape index (κ3) is 2.60. The van der Waals surface area contributed by atoms with E-state index < -0.39 is 0 Å². The van der Waals surface area contributed by atoms with Crippen LogP contribution in [0.15, 0.2) is 48.5 Å². The van der Waals surface area contributed by atoms with Crippen LogP contribution in [0.1, 0.15) is 21.6 Å². The average Bonchev–Trinajstić information content (AvgIpc) is 2.79. The highest BCUT2D eigenvalue weighted by atomic mass is 35.5. The normalized spacial score (nSPS) is 10.9. The van der Waals surface area contributed by atoms with E-state index in [0.717, 1.165) is 22.0 Å². The first-order valence-electron chi connectivity index (χ1n) is 7.14. The Bertz CT molecular complexity index is 795. The molecule has 0 atom stereocenters. The molecule has 22 heavy (non-hydrogen) atoms. The molecule has 0 saturated heterocycles. The summed E-state index contributed by atoms with van der Waals surface area (Å²) in [5.74, 6) is -0.0637. The van der Waals surface area contributed by atoms with E-state index in [1.165, 1.54) is 0 Å². The van der Waals surface area contributed by atoms with Crippen molar-refractivity contribution < 1.29 is 4.79 Å². The van der Waals surface area contributed by atoms with Gasteiger partial charge >= 0.3 is 0 Å². The lowest BCUT2D eigenvalue weighted by molar-refractivity contribution is 0.0942. The highest BCUT2D eigenvalue weighted by Crippen LogP contribution is 2.24. The van der Waals surface area contributed by atoms with Gasteiger partial charge in [-0.3, -0.25) is 4.79 Å². The van der Waals surface area contributed by atoms with Gasteiger partial charge in [-0.05, 0) is 36.2 Å². The van der Waals surface area contributed by atoms with Gasteiger partial charge in [0.1, 0.15) is 5.69 Å². The molecule has 0 bridgehead atoms. The van der Waals surface area contributed by atoms with Gasteiger partial charge < -0.3 is 9.88 Å². The number of nitrogens with zero attached hydrogens (tertiary/aromatic N) is 1. The second kappa shape index (κ2) is 5.85. The van der Waals surface area contributed by atoms with E-state index in [9.17, 15) is 4.79 Å². The Hall–Kier alpha value is -2.26. The number of rotatable bonds is 3. The van der Waals surface area contributed by atoms with E-state index in [1.807, 2.05) is 67.1 Å². The number of benzene rings is 2. The van der Waals surface area contributed by atoms with Gasteiger partial charge in [-0.15, -0.1) is 0 Å². The standard InChI is InChI=1S/C18H17ClN2O/c1-12-15-5-3-4-6-16(15)21(2)17(12)18(22)20-11-13-7-9-14(19)10-8-13/h3-10H,11H2,1-2H3,(H,20,22). The molecular weight excluding hydrogens is 296 g/mol. The second-order valence-corrected chi connectivity index (χ2v) is 5.80. The molecule has 0 aliphatic heterocycles. The van der Waals surface area contributed by atoms with Crippen LogP contribution < -0.4 is 5.32 Å². The molecule has 2 aromatic carbocycles. The molecule has 1 amide bonds. The number of amides is 1. The largest absolute Gasteiger partial charge is 0.347 e. The number of fused-ring (bicyclic) bond motifs is 1. The van der Waals surface area contributed by atoms with Crippen molar-refractivity contribution in [3.63, 3.8) is 0 Å². The molecule has 3 aromatic rings. The molecule has 0 saturated carbocycles. The zero-order valence-corrected chi connectivity index (χ0v) is 13.3. The van der Waals surface area contributed by atoms with Crippen LogP contribution in [-0.2, 0) is 13.6 Å². The van der Waals surface area contributed by atoms with Crippen molar-refractivity contribution in [2.45, 2.75) is 13.5 Å². The molecule has 1 aromatic heterocycles. The van der Waals surface area contributed by atoms with Crippen LogP contribution >= 0.6 is 11.6 Å². The summed E-state index contributed by atoms with van der Waals surface area (Å²) in [6.07, 6.45) is 0. The number of halogens is 1. The third-order valence-corrected chi connectivity index (χ3v) is 4.19. The Kier molecular flexibility index (Phi) is 3.90. The Morgan fingerprint density at radius 2 is 1.82 bits per heavy atom. The lowest BCUT2D eigenvalue weighted by atomic mass is 10.1. The number of hydrogen-bond acceptors (Lipinski definition) is 1. The fourth-order valence-electron chi connectivity index (χ4n) is 2.77. The third-order valence-electron chi connectivity index (χ3n) is 3.94. The molecule has 0 fully saturated rings. The van der Waals surface area contributed by atoms with Crippen LogP contribution in [0.2, 0.25) is 5.02 Å². The van der Waals surface area contributed by atoms with Crippen molar-refractivity contribution in [2.24, 2.45) is 7.05 Å². The number of aryl methyl sites for hydroxylation is 2. The zero-order valence-electron chi connectivity index (χ0n) is 12.6. The zero-order chi connectivity index (χ0) is 15.7. The summed E-state index contributed by atoms with van der Waals surface area (Å²) in [5.41, 5.74) is 3.80. The van der Waals surface area contributed by atoms with Crippen LogP contribution in [0, 0.1) is 6.92 Å². The summed E-state index contributed by atoms with van der Waals surface area (Å²) in [6.45, 7) is 2.47. The first-order chi connectivity index (χ1) is 10.6. The van der Waals surface area contributed by atoms with Gasteiger partial charge in [-0.2, -0.15) is 0 Å². The van der Waals surface area contributed by atoms with Gasteiger partial charge in [-0.1, -0.05) is 41.9 Å². The quantitative estimate of drug-likeness (QED) is 0.777. The van der Waals surface area contributed by atoms with Crippen molar-refractivity contribution in [2.75, 3.05) is 0 Å². The van der Waals surface area contributed by atoms with E-state index in [2.05, 4.69) is 5.32 Å². The topological polar surface area (TPSA) is 34.0 Å². The summed E-state index contributed by atoms with van der Waals surface area (Å²) >= 11 is 5.87. The predicted octanol–water partition coefficient (Wildman–Crippen LogP) is 4.07. The van der Waals surface area contributed by atoms with Crippen LogP contribution in [0.3, 0.4) is 0 Å². The molecule has 1 heterocycles. The highest BCUT2D eigenvalue weighted by Gasteiger charge is 2.17. The monoisotopic (exact) mass is 312 g/mol. The van der Waals surface area contributed by atoms with Gasteiger partial charge in [0.2, 0.25) is 0 Å².